The molecule has 2 aliphatic rings. The molecule has 0 spiro atoms. The molecule has 1 aliphatic carbocycles. The van der Waals surface area contributed by atoms with E-state index in [1.165, 1.54) is 32.1 Å². The minimum absolute atomic E-state index is 0.161. The number of nitrogens with zero attached hydrogens (tertiary/aromatic N) is 2. The SMILES string of the molecule is CCNc1ncccc1C(=O)N1CCCC1C1CCCC1. The molecule has 0 aromatic carbocycles. The number of amides is 1. The van der Waals surface area contributed by atoms with Gasteiger partial charge in [0.2, 0.25) is 0 Å². The van der Waals surface area contributed by atoms with Gasteiger partial charge in [0, 0.05) is 25.3 Å². The Balaban J connectivity index is 1.80. The van der Waals surface area contributed by atoms with Crippen molar-refractivity contribution < 1.29 is 4.79 Å². The molecular weight excluding hydrogens is 262 g/mol. The normalized spacial score (nSPS) is 22.7. The molecule has 1 saturated heterocycles. The van der Waals surface area contributed by atoms with Gasteiger partial charge >= 0.3 is 0 Å². The summed E-state index contributed by atoms with van der Waals surface area (Å²) >= 11 is 0. The molecule has 3 rings (SSSR count). The van der Waals surface area contributed by atoms with Gasteiger partial charge in [0.05, 0.1) is 5.56 Å². The molecule has 1 aromatic rings. The Morgan fingerprint density at radius 3 is 2.90 bits per heavy atom. The smallest absolute Gasteiger partial charge is 0.257 e. The molecule has 0 bridgehead atoms. The molecule has 2 heterocycles. The number of hydrogen-bond donors (Lipinski definition) is 1. The maximum atomic E-state index is 13.0. The Kier molecular flexibility index (Phi) is 4.42. The van der Waals surface area contributed by atoms with Gasteiger partial charge in [-0.25, -0.2) is 4.98 Å². The van der Waals surface area contributed by atoms with E-state index in [-0.39, 0.29) is 5.91 Å². The zero-order chi connectivity index (χ0) is 14.7. The lowest BCUT2D eigenvalue weighted by Gasteiger charge is -2.30. The van der Waals surface area contributed by atoms with Gasteiger partial charge in [-0.05, 0) is 50.7 Å². The van der Waals surface area contributed by atoms with Crippen molar-refractivity contribution in [3.8, 4) is 0 Å². The summed E-state index contributed by atoms with van der Waals surface area (Å²) < 4.78 is 0. The average molecular weight is 287 g/mol. The molecule has 4 heteroatoms. The molecule has 4 nitrogen and oxygen atoms in total. The van der Waals surface area contributed by atoms with Gasteiger partial charge in [-0.1, -0.05) is 12.8 Å². The Morgan fingerprint density at radius 1 is 1.33 bits per heavy atom. The van der Waals surface area contributed by atoms with Crippen LogP contribution in [-0.4, -0.2) is 34.9 Å². The second-order valence-corrected chi connectivity index (χ2v) is 6.18. The standard InChI is InChI=1S/C17H25N3O/c1-2-18-16-14(9-5-11-19-16)17(21)20-12-6-10-15(20)13-7-3-4-8-13/h5,9,11,13,15H,2-4,6-8,10,12H2,1H3,(H,18,19). The number of rotatable bonds is 4. The number of anilines is 1. The van der Waals surface area contributed by atoms with Crippen molar-refractivity contribution in [3.63, 3.8) is 0 Å². The molecule has 21 heavy (non-hydrogen) atoms. The molecule has 2 fully saturated rings. The number of hydrogen-bond acceptors (Lipinski definition) is 3. The van der Waals surface area contributed by atoms with E-state index < -0.39 is 0 Å². The fourth-order valence-electron chi connectivity index (χ4n) is 3.92. The van der Waals surface area contributed by atoms with Crippen LogP contribution in [0.15, 0.2) is 18.3 Å². The van der Waals surface area contributed by atoms with Gasteiger partial charge in [-0.2, -0.15) is 0 Å². The zero-order valence-electron chi connectivity index (χ0n) is 12.8. The Morgan fingerprint density at radius 2 is 2.14 bits per heavy atom. The number of likely N-dealkylation sites (tertiary alicyclic amines) is 1. The molecular formula is C17H25N3O. The van der Waals surface area contributed by atoms with Gasteiger partial charge in [-0.3, -0.25) is 4.79 Å². The van der Waals surface area contributed by atoms with Gasteiger partial charge in [0.15, 0.2) is 0 Å². The summed E-state index contributed by atoms with van der Waals surface area (Å²) in [4.78, 5) is 19.4. The minimum Gasteiger partial charge on any atom is -0.370 e. The van der Waals surface area contributed by atoms with E-state index in [0.29, 0.717) is 6.04 Å². The lowest BCUT2D eigenvalue weighted by molar-refractivity contribution is 0.0689. The van der Waals surface area contributed by atoms with Crippen LogP contribution >= 0.6 is 0 Å². The van der Waals surface area contributed by atoms with Crippen molar-refractivity contribution in [1.29, 1.82) is 0 Å². The largest absolute Gasteiger partial charge is 0.370 e. The second-order valence-electron chi connectivity index (χ2n) is 6.18. The van der Waals surface area contributed by atoms with Crippen LogP contribution < -0.4 is 5.32 Å². The zero-order valence-corrected chi connectivity index (χ0v) is 12.8. The van der Waals surface area contributed by atoms with Crippen LogP contribution in [0.2, 0.25) is 0 Å². The van der Waals surface area contributed by atoms with Crippen LogP contribution in [0.1, 0.15) is 55.8 Å². The van der Waals surface area contributed by atoms with Crippen molar-refractivity contribution in [1.82, 2.24) is 9.88 Å². The van der Waals surface area contributed by atoms with E-state index in [0.717, 1.165) is 36.8 Å². The molecule has 114 valence electrons. The summed E-state index contributed by atoms with van der Waals surface area (Å²) in [5, 5.41) is 3.21. The first kappa shape index (κ1) is 14.4. The van der Waals surface area contributed by atoms with Crippen LogP contribution in [0.4, 0.5) is 5.82 Å². The van der Waals surface area contributed by atoms with E-state index in [9.17, 15) is 4.79 Å². The molecule has 1 N–H and O–H groups in total. The third-order valence-corrected chi connectivity index (χ3v) is 4.89. The van der Waals surface area contributed by atoms with E-state index in [4.69, 9.17) is 0 Å². The fourth-order valence-corrected chi connectivity index (χ4v) is 3.92. The summed E-state index contributed by atoms with van der Waals surface area (Å²) in [5.41, 5.74) is 0.726. The van der Waals surface area contributed by atoms with Crippen LogP contribution in [0.3, 0.4) is 0 Å². The van der Waals surface area contributed by atoms with Crippen molar-refractivity contribution in [2.45, 2.75) is 51.5 Å². The summed E-state index contributed by atoms with van der Waals surface area (Å²) in [7, 11) is 0. The van der Waals surface area contributed by atoms with Crippen molar-refractivity contribution in [2.24, 2.45) is 5.92 Å². The number of aromatic nitrogens is 1. The highest BCUT2D eigenvalue weighted by Crippen LogP contribution is 2.36. The van der Waals surface area contributed by atoms with E-state index in [1.807, 2.05) is 19.1 Å². The van der Waals surface area contributed by atoms with Crippen LogP contribution in [0.5, 0.6) is 0 Å². The Hall–Kier alpha value is -1.58. The summed E-state index contributed by atoms with van der Waals surface area (Å²) in [5.74, 6) is 1.60. The first-order chi connectivity index (χ1) is 10.3. The highest BCUT2D eigenvalue weighted by atomic mass is 16.2. The number of carbonyl (C=O) groups excluding carboxylic acids is 1. The summed E-state index contributed by atoms with van der Waals surface area (Å²) in [6, 6.07) is 4.21. The molecule has 0 radical (unpaired) electrons. The van der Waals surface area contributed by atoms with Crippen molar-refractivity contribution in [2.75, 3.05) is 18.4 Å². The third kappa shape index (κ3) is 2.89. The average Bonchev–Trinajstić information content (AvgIpc) is 3.18. The molecule has 1 unspecified atom stereocenters. The van der Waals surface area contributed by atoms with Gasteiger partial charge in [0.25, 0.3) is 5.91 Å². The maximum Gasteiger partial charge on any atom is 0.257 e. The highest BCUT2D eigenvalue weighted by Gasteiger charge is 2.36. The van der Waals surface area contributed by atoms with E-state index >= 15 is 0 Å². The lowest BCUT2D eigenvalue weighted by atomic mass is 9.95. The third-order valence-electron chi connectivity index (χ3n) is 4.89. The van der Waals surface area contributed by atoms with Crippen molar-refractivity contribution >= 4 is 11.7 Å². The lowest BCUT2D eigenvalue weighted by Crippen LogP contribution is -2.39. The minimum atomic E-state index is 0.161. The van der Waals surface area contributed by atoms with Gasteiger partial charge < -0.3 is 10.2 Å². The summed E-state index contributed by atoms with van der Waals surface area (Å²) in [6.07, 6.45) is 9.31. The predicted molar refractivity (Wildman–Crippen MR) is 84.4 cm³/mol. The quantitative estimate of drug-likeness (QED) is 0.924. The molecule has 1 aromatic heterocycles. The Labute approximate surface area is 126 Å². The molecule has 1 aliphatic heterocycles. The van der Waals surface area contributed by atoms with Crippen LogP contribution in [-0.2, 0) is 0 Å². The van der Waals surface area contributed by atoms with Crippen LogP contribution in [0.25, 0.3) is 0 Å². The topological polar surface area (TPSA) is 45.2 Å². The number of pyridine rings is 1. The van der Waals surface area contributed by atoms with Crippen molar-refractivity contribution in [3.05, 3.63) is 23.9 Å². The van der Waals surface area contributed by atoms with E-state index in [2.05, 4.69) is 15.2 Å². The molecule has 1 atom stereocenters. The highest BCUT2D eigenvalue weighted by molar-refractivity contribution is 5.99. The Bertz CT molecular complexity index is 497. The number of carbonyl (C=O) groups is 1. The van der Waals surface area contributed by atoms with E-state index in [1.54, 1.807) is 6.20 Å². The van der Waals surface area contributed by atoms with Crippen LogP contribution in [0, 0.1) is 5.92 Å². The molecule has 1 saturated carbocycles. The fraction of sp³-hybridized carbons (Fsp3) is 0.647. The summed E-state index contributed by atoms with van der Waals surface area (Å²) in [6.45, 7) is 3.71. The molecule has 1 amide bonds. The van der Waals surface area contributed by atoms with Gasteiger partial charge in [0.1, 0.15) is 5.82 Å². The first-order valence-electron chi connectivity index (χ1n) is 8.31. The maximum absolute atomic E-state index is 13.0. The monoisotopic (exact) mass is 287 g/mol. The first-order valence-corrected chi connectivity index (χ1v) is 8.31. The van der Waals surface area contributed by atoms with Gasteiger partial charge in [-0.15, -0.1) is 0 Å². The second kappa shape index (κ2) is 6.46. The predicted octanol–water partition coefficient (Wildman–Crippen LogP) is 3.31. The number of nitrogens with one attached hydrogen (secondary N) is 1.